The minimum atomic E-state index is 1.08. The zero-order valence-corrected chi connectivity index (χ0v) is 11.6. The first kappa shape index (κ1) is 9.74. The van der Waals surface area contributed by atoms with Crippen LogP contribution in [-0.2, 0) is 7.05 Å². The summed E-state index contributed by atoms with van der Waals surface area (Å²) in [5.41, 5.74) is 1.21. The molecule has 0 aliphatic heterocycles. The number of aromatic nitrogens is 1. The Kier molecular flexibility index (Phi) is 2.55. The number of hydrogen-bond donors (Lipinski definition) is 0. The quantitative estimate of drug-likeness (QED) is 0.647. The first-order valence-corrected chi connectivity index (χ1v) is 6.07. The summed E-state index contributed by atoms with van der Waals surface area (Å²) in [5, 5.41) is 1.22. The molecule has 1 heterocycles. The van der Waals surface area contributed by atoms with Crippen molar-refractivity contribution in [2.45, 2.75) is 0 Å². The second kappa shape index (κ2) is 3.41. The number of hydrogen-bond acceptors (Lipinski definition) is 0. The standard InChI is InChI=1S/C9H6Br3N/c1-13-4-8(12)5-2-6(10)7(11)3-9(5)13/h2-4H,1H3. The molecule has 2 aromatic rings. The van der Waals surface area contributed by atoms with Crippen molar-refractivity contribution in [2.24, 2.45) is 7.05 Å². The third kappa shape index (κ3) is 1.60. The van der Waals surface area contributed by atoms with E-state index in [-0.39, 0.29) is 0 Å². The summed E-state index contributed by atoms with van der Waals surface area (Å²) in [6, 6.07) is 4.20. The average molecular weight is 368 g/mol. The molecule has 0 saturated heterocycles. The van der Waals surface area contributed by atoms with Crippen LogP contribution in [0.15, 0.2) is 31.7 Å². The molecule has 0 fully saturated rings. The van der Waals surface area contributed by atoms with Gasteiger partial charge >= 0.3 is 0 Å². The van der Waals surface area contributed by atoms with Gasteiger partial charge in [0.25, 0.3) is 0 Å². The second-order valence-electron chi connectivity index (χ2n) is 2.87. The minimum Gasteiger partial charge on any atom is -0.349 e. The Morgan fingerprint density at radius 1 is 1.00 bits per heavy atom. The summed E-state index contributed by atoms with van der Waals surface area (Å²) < 4.78 is 5.37. The molecule has 0 bridgehead atoms. The first-order chi connectivity index (χ1) is 6.09. The Balaban J connectivity index is 2.91. The van der Waals surface area contributed by atoms with Crippen LogP contribution in [0.5, 0.6) is 0 Å². The van der Waals surface area contributed by atoms with Gasteiger partial charge in [-0.25, -0.2) is 0 Å². The molecule has 0 radical (unpaired) electrons. The van der Waals surface area contributed by atoms with Gasteiger partial charge in [0.1, 0.15) is 0 Å². The van der Waals surface area contributed by atoms with Crippen LogP contribution in [-0.4, -0.2) is 4.57 Å². The van der Waals surface area contributed by atoms with Crippen molar-refractivity contribution < 1.29 is 0 Å². The van der Waals surface area contributed by atoms with E-state index in [1.165, 1.54) is 10.9 Å². The number of benzene rings is 1. The largest absolute Gasteiger partial charge is 0.349 e. The molecule has 1 aromatic heterocycles. The summed E-state index contributed by atoms with van der Waals surface area (Å²) in [7, 11) is 2.04. The number of fused-ring (bicyclic) bond motifs is 1. The number of halogens is 3. The lowest BCUT2D eigenvalue weighted by Crippen LogP contribution is -1.83. The van der Waals surface area contributed by atoms with E-state index in [4.69, 9.17) is 0 Å². The third-order valence-corrected chi connectivity index (χ3v) is 4.46. The lowest BCUT2D eigenvalue weighted by atomic mass is 10.2. The zero-order chi connectivity index (χ0) is 9.59. The third-order valence-electron chi connectivity index (χ3n) is 1.98. The SMILES string of the molecule is Cn1cc(Br)c2cc(Br)c(Br)cc21. The Bertz CT molecular complexity index is 431. The zero-order valence-electron chi connectivity index (χ0n) is 6.81. The molecule has 4 heteroatoms. The fourth-order valence-corrected chi connectivity index (χ4v) is 2.63. The molecule has 0 atom stereocenters. The van der Waals surface area contributed by atoms with Gasteiger partial charge in [0.2, 0.25) is 0 Å². The minimum absolute atomic E-state index is 1.08. The normalized spacial score (nSPS) is 11.1. The van der Waals surface area contributed by atoms with E-state index in [0.717, 1.165) is 13.4 Å². The van der Waals surface area contributed by atoms with Gasteiger partial charge in [-0.05, 0) is 59.9 Å². The van der Waals surface area contributed by atoms with Crippen LogP contribution >= 0.6 is 47.8 Å². The van der Waals surface area contributed by atoms with Gasteiger partial charge in [0.15, 0.2) is 0 Å². The van der Waals surface area contributed by atoms with E-state index in [1.54, 1.807) is 0 Å². The van der Waals surface area contributed by atoms with Crippen LogP contribution in [0.2, 0.25) is 0 Å². The summed E-state index contributed by atoms with van der Waals surface area (Å²) >= 11 is 10.5. The molecule has 1 nitrogen and oxygen atoms in total. The van der Waals surface area contributed by atoms with Crippen molar-refractivity contribution in [3.8, 4) is 0 Å². The molecule has 0 aliphatic carbocycles. The summed E-state index contributed by atoms with van der Waals surface area (Å²) in [4.78, 5) is 0. The topological polar surface area (TPSA) is 4.93 Å². The summed E-state index contributed by atoms with van der Waals surface area (Å²) in [6.45, 7) is 0. The van der Waals surface area contributed by atoms with E-state index in [1.807, 2.05) is 7.05 Å². The van der Waals surface area contributed by atoms with Crippen molar-refractivity contribution >= 4 is 58.7 Å². The van der Waals surface area contributed by atoms with Crippen molar-refractivity contribution in [3.05, 3.63) is 31.7 Å². The van der Waals surface area contributed by atoms with Crippen LogP contribution < -0.4 is 0 Å². The monoisotopic (exact) mass is 365 g/mol. The van der Waals surface area contributed by atoms with Gasteiger partial charge in [0.05, 0.1) is 5.52 Å². The van der Waals surface area contributed by atoms with Gasteiger partial charge in [-0.15, -0.1) is 0 Å². The van der Waals surface area contributed by atoms with Crippen LogP contribution in [0.4, 0.5) is 0 Å². The van der Waals surface area contributed by atoms with Crippen LogP contribution in [0, 0.1) is 0 Å². The highest BCUT2D eigenvalue weighted by Crippen LogP contribution is 2.33. The molecule has 68 valence electrons. The highest BCUT2D eigenvalue weighted by Gasteiger charge is 2.06. The van der Waals surface area contributed by atoms with Crippen LogP contribution in [0.1, 0.15) is 0 Å². The second-order valence-corrected chi connectivity index (χ2v) is 5.43. The van der Waals surface area contributed by atoms with Gasteiger partial charge < -0.3 is 4.57 Å². The summed E-state index contributed by atoms with van der Waals surface area (Å²) in [6.07, 6.45) is 2.06. The van der Waals surface area contributed by atoms with Crippen LogP contribution in [0.3, 0.4) is 0 Å². The molecule has 13 heavy (non-hydrogen) atoms. The van der Waals surface area contributed by atoms with Gasteiger partial charge in [0, 0.05) is 32.0 Å². The van der Waals surface area contributed by atoms with Gasteiger partial charge in [-0.3, -0.25) is 0 Å². The van der Waals surface area contributed by atoms with E-state index >= 15 is 0 Å². The predicted molar refractivity (Wildman–Crippen MR) is 66.0 cm³/mol. The maximum Gasteiger partial charge on any atom is 0.0501 e. The Hall–Kier alpha value is 0.200. The molecule has 0 aliphatic rings. The molecular formula is C9H6Br3N. The smallest absolute Gasteiger partial charge is 0.0501 e. The Morgan fingerprint density at radius 3 is 2.31 bits per heavy atom. The van der Waals surface area contributed by atoms with Gasteiger partial charge in [-0.1, -0.05) is 0 Å². The number of rotatable bonds is 0. The maximum absolute atomic E-state index is 3.52. The lowest BCUT2D eigenvalue weighted by molar-refractivity contribution is 0.966. The van der Waals surface area contributed by atoms with Crippen molar-refractivity contribution in [1.82, 2.24) is 4.57 Å². The molecule has 2 rings (SSSR count). The number of aryl methyl sites for hydroxylation is 1. The van der Waals surface area contributed by atoms with Crippen LogP contribution in [0.25, 0.3) is 10.9 Å². The van der Waals surface area contributed by atoms with Crippen molar-refractivity contribution in [3.63, 3.8) is 0 Å². The molecule has 1 aromatic carbocycles. The van der Waals surface area contributed by atoms with Crippen molar-refractivity contribution in [1.29, 1.82) is 0 Å². The van der Waals surface area contributed by atoms with E-state index < -0.39 is 0 Å². The average Bonchev–Trinajstić information content (AvgIpc) is 2.31. The number of nitrogens with zero attached hydrogens (tertiary/aromatic N) is 1. The fraction of sp³-hybridized carbons (Fsp3) is 0.111. The molecule has 0 saturated carbocycles. The van der Waals surface area contributed by atoms with Crippen molar-refractivity contribution in [2.75, 3.05) is 0 Å². The molecule has 0 N–H and O–H groups in total. The summed E-state index contributed by atoms with van der Waals surface area (Å²) in [5.74, 6) is 0. The highest BCUT2D eigenvalue weighted by atomic mass is 79.9. The maximum atomic E-state index is 3.52. The Labute approximate surface area is 101 Å². The lowest BCUT2D eigenvalue weighted by Gasteiger charge is -1.99. The van der Waals surface area contributed by atoms with Gasteiger partial charge in [-0.2, -0.15) is 0 Å². The Morgan fingerprint density at radius 2 is 1.62 bits per heavy atom. The molecule has 0 spiro atoms. The molecule has 0 unspecified atom stereocenters. The first-order valence-electron chi connectivity index (χ1n) is 3.69. The predicted octanol–water partition coefficient (Wildman–Crippen LogP) is 4.47. The van der Waals surface area contributed by atoms with E-state index in [2.05, 4.69) is 70.7 Å². The molecular weight excluding hydrogens is 362 g/mol. The van der Waals surface area contributed by atoms with E-state index in [0.29, 0.717) is 0 Å². The van der Waals surface area contributed by atoms with E-state index in [9.17, 15) is 0 Å². The highest BCUT2D eigenvalue weighted by molar-refractivity contribution is 9.13. The molecule has 0 amide bonds. The fourth-order valence-electron chi connectivity index (χ4n) is 1.33.